The number of aliphatic hydroxyl groups is 2. The minimum Gasteiger partial charge on any atom is -1.00 e. The van der Waals surface area contributed by atoms with E-state index in [9.17, 15) is 15.3 Å². The predicted molar refractivity (Wildman–Crippen MR) is 387 cm³/mol. The van der Waals surface area contributed by atoms with Gasteiger partial charge in [-0.3, -0.25) is 4.90 Å². The number of rotatable bonds is 30. The van der Waals surface area contributed by atoms with E-state index in [2.05, 4.69) is 212 Å². The van der Waals surface area contributed by atoms with Crippen LogP contribution in [-0.4, -0.2) is 160 Å². The minimum absolute atomic E-state index is 0. The monoisotopic (exact) mass is 1430 g/mol. The van der Waals surface area contributed by atoms with Crippen LogP contribution in [0.25, 0.3) is 0 Å². The molecule has 1 saturated heterocycles. The largest absolute Gasteiger partial charge is 2.00 e. The Bertz CT molecular complexity index is 3370. The van der Waals surface area contributed by atoms with Crippen LogP contribution in [0.15, 0.2) is 176 Å². The molecule has 95 heavy (non-hydrogen) atoms. The summed E-state index contributed by atoms with van der Waals surface area (Å²) in [4.78, 5) is 9.55. The molecule has 7 aromatic rings. The smallest absolute Gasteiger partial charge is 1.00 e. The Hall–Kier alpha value is -4.97. The summed E-state index contributed by atoms with van der Waals surface area (Å²) in [5.41, 5.74) is 6.71. The van der Waals surface area contributed by atoms with E-state index in [-0.39, 0.29) is 70.1 Å². The quantitative estimate of drug-likeness (QED) is 0.0227. The maximum Gasteiger partial charge on any atom is 2.00 e. The van der Waals surface area contributed by atoms with Crippen LogP contribution < -0.4 is 35.9 Å². The van der Waals surface area contributed by atoms with Crippen LogP contribution in [0.3, 0.4) is 0 Å². The van der Waals surface area contributed by atoms with Crippen LogP contribution in [0.2, 0.25) is 0 Å². The zero-order valence-electron chi connectivity index (χ0n) is 57.4. The van der Waals surface area contributed by atoms with Crippen molar-refractivity contribution in [2.75, 3.05) is 78.8 Å². The first-order valence-corrected chi connectivity index (χ1v) is 35.7. The number of ether oxygens (including phenoxy) is 4. The Morgan fingerprint density at radius 2 is 1.02 bits per heavy atom. The number of benzene rings is 7. The third-order valence-corrected chi connectivity index (χ3v) is 20.9. The van der Waals surface area contributed by atoms with Gasteiger partial charge >= 0.3 is 23.1 Å². The summed E-state index contributed by atoms with van der Waals surface area (Å²) >= 11 is 3.49. The SMILES string of the molecule is Cc1ccc(OC(CCN(C)CCCBr)c2ccccc2)cc1.Cc1ccc(OC(CCN(C)CCC[C@]2(O)CC[C@@]3(O)[C@H]4Cc5ccc(O)c6c5[C@@]3(CCN4CCC3CC3)[C@H]2O6)c2ccccc2)cc1.[Br-].[CH2-]CCN(C)CCC(Oc1ccc(C)cc1)c1ccccc1.[Mg+2]. The summed E-state index contributed by atoms with van der Waals surface area (Å²) in [7, 11) is 6.46. The van der Waals surface area contributed by atoms with E-state index in [4.69, 9.17) is 18.9 Å². The van der Waals surface area contributed by atoms with Crippen molar-refractivity contribution in [3.63, 3.8) is 0 Å². The second-order valence-electron chi connectivity index (χ2n) is 27.4. The Balaban J connectivity index is 0.000000206. The van der Waals surface area contributed by atoms with E-state index in [0.717, 1.165) is 131 Å². The molecule has 0 amide bonds. The molecule has 5 aliphatic rings. The van der Waals surface area contributed by atoms with E-state index in [1.54, 1.807) is 6.07 Å². The van der Waals surface area contributed by atoms with Gasteiger partial charge in [0.15, 0.2) is 11.5 Å². The molecule has 506 valence electrons. The number of alkyl halides is 1. The van der Waals surface area contributed by atoms with Gasteiger partial charge in [0.25, 0.3) is 0 Å². The van der Waals surface area contributed by atoms with Crippen LogP contribution in [0.4, 0.5) is 0 Å². The number of hydrogen-bond donors (Lipinski definition) is 3. The van der Waals surface area contributed by atoms with E-state index in [1.807, 2.05) is 42.5 Å². The molecule has 1 spiro atoms. The molecule has 7 aromatic carbocycles. The third kappa shape index (κ3) is 19.7. The summed E-state index contributed by atoms with van der Waals surface area (Å²) in [6.07, 6.45) is 12.3. The van der Waals surface area contributed by atoms with E-state index < -0.39 is 22.7 Å². The third-order valence-electron chi connectivity index (χ3n) is 20.4. The molecule has 0 radical (unpaired) electrons. The number of phenolic OH excluding ortho intramolecular Hbond substituents is 1. The van der Waals surface area contributed by atoms with Gasteiger partial charge in [0.05, 0.1) is 11.0 Å². The second kappa shape index (κ2) is 36.2. The normalized spacial score (nSPS) is 21.5. The van der Waals surface area contributed by atoms with Gasteiger partial charge in [-0.05, 0) is 197 Å². The number of aromatic hydroxyl groups is 1. The average Bonchev–Trinajstić information content (AvgIpc) is 1.56. The van der Waals surface area contributed by atoms with Crippen molar-refractivity contribution in [3.05, 3.63) is 227 Å². The van der Waals surface area contributed by atoms with Gasteiger partial charge in [-0.2, -0.15) is 6.42 Å². The van der Waals surface area contributed by atoms with Crippen molar-refractivity contribution >= 4 is 39.0 Å². The first-order chi connectivity index (χ1) is 45.1. The maximum atomic E-state index is 12.8. The first kappa shape index (κ1) is 75.8. The summed E-state index contributed by atoms with van der Waals surface area (Å²) in [6.45, 7) is 17.9. The van der Waals surface area contributed by atoms with Crippen molar-refractivity contribution in [2.45, 2.75) is 158 Å². The number of phenols is 1. The standard InChI is InChI=1S/C41H52N2O5.C20H26BrNO.C20H26NO.BrH.Mg/c1-28-9-14-32(15-10-28)47-34(30-7-4-3-5-8-30)18-24-42(2)23-6-19-39(45)20-21-41(46)35-27-31-13-16-33(44)37-36(31)40(41,38(39)48-37)22-26-43(35)25-17-29-11-12-29;1-17-9-11-19(12-10-17)23-20(18-7-4-3-5-8-18)13-16-22(2)15-6-14-21;1-4-15-21(3)16-14-20(18-8-6-5-7-9-18)22-19-12-10-17(2)11-13-19;;/h3-5,7-10,13-16,29,34-35,38,44-46H,6,11-12,17-27H2,1-2H3;3-5,7-12,20H,6,13-16H2,1-2H3;5-13,20H,1,4,14-16H2,2-3H3;1H;/q;;-1;;+2/p-1/t34?,35-,38+,39+,40+,41-;;;;/m1..../s1. The topological polar surface area (TPSA) is 111 Å². The van der Waals surface area contributed by atoms with E-state index in [0.29, 0.717) is 25.0 Å². The van der Waals surface area contributed by atoms with Gasteiger partial charge < -0.3 is 72.9 Å². The zero-order valence-corrected chi connectivity index (χ0v) is 62.0. The van der Waals surface area contributed by atoms with Crippen molar-refractivity contribution in [2.24, 2.45) is 5.92 Å². The van der Waals surface area contributed by atoms with Crippen molar-refractivity contribution in [1.29, 1.82) is 0 Å². The minimum atomic E-state index is -1.09. The van der Waals surface area contributed by atoms with Gasteiger partial charge in [0, 0.05) is 55.8 Å². The molecule has 8 atom stereocenters. The maximum absolute atomic E-state index is 12.8. The molecule has 3 unspecified atom stereocenters. The van der Waals surface area contributed by atoms with Crippen molar-refractivity contribution < 1.29 is 51.2 Å². The molecule has 3 N–H and O–H groups in total. The molecule has 12 rings (SSSR count). The summed E-state index contributed by atoms with van der Waals surface area (Å²) in [5.74, 6) is 4.21. The molecule has 2 aliphatic heterocycles. The first-order valence-electron chi connectivity index (χ1n) is 34.5. The molecule has 3 aliphatic carbocycles. The fourth-order valence-corrected chi connectivity index (χ4v) is 15.1. The molecule has 14 heteroatoms. The number of aryl methyl sites for hydroxylation is 3. The number of halogens is 2. The Morgan fingerprint density at radius 1 is 0.579 bits per heavy atom. The molecule has 2 saturated carbocycles. The Morgan fingerprint density at radius 3 is 1.45 bits per heavy atom. The van der Waals surface area contributed by atoms with E-state index >= 15 is 0 Å². The fraction of sp³-hybridized carbons (Fsp3) is 0.469. The number of likely N-dealkylation sites (tertiary alicyclic amines) is 1. The molecular formula is C81H104Br2MgN4O7. The van der Waals surface area contributed by atoms with Gasteiger partial charge in [0.1, 0.15) is 47.3 Å². The molecule has 2 heterocycles. The van der Waals surface area contributed by atoms with Crippen molar-refractivity contribution in [3.8, 4) is 28.7 Å². The Kier molecular flexibility index (Phi) is 28.9. The zero-order chi connectivity index (χ0) is 65.4. The summed E-state index contributed by atoms with van der Waals surface area (Å²) in [6, 6.07) is 60.0. The summed E-state index contributed by atoms with van der Waals surface area (Å²) in [5, 5.41) is 37.3. The van der Waals surface area contributed by atoms with Crippen molar-refractivity contribution in [1.82, 2.24) is 19.6 Å². The van der Waals surface area contributed by atoms with Gasteiger partial charge in [-0.25, -0.2) is 0 Å². The van der Waals surface area contributed by atoms with Crippen LogP contribution >= 0.6 is 15.9 Å². The van der Waals surface area contributed by atoms with E-state index in [1.165, 1.54) is 64.6 Å². The van der Waals surface area contributed by atoms with Crippen LogP contribution in [-0.2, 0) is 11.8 Å². The molecule has 0 aromatic heterocycles. The van der Waals surface area contributed by atoms with Crippen LogP contribution in [0.5, 0.6) is 28.7 Å². The number of nitrogens with zero attached hydrogens (tertiary/aromatic N) is 4. The van der Waals surface area contributed by atoms with Gasteiger partial charge in [0.2, 0.25) is 0 Å². The van der Waals surface area contributed by atoms with Crippen LogP contribution in [0.1, 0.15) is 146 Å². The average molecular weight is 1430 g/mol. The van der Waals surface area contributed by atoms with Gasteiger partial charge in [-0.1, -0.05) is 179 Å². The summed E-state index contributed by atoms with van der Waals surface area (Å²) < 4.78 is 25.7. The number of hydrogen-bond acceptors (Lipinski definition) is 11. The molecule has 2 bridgehead atoms. The molecule has 11 nitrogen and oxygen atoms in total. The van der Waals surface area contributed by atoms with Crippen LogP contribution in [0, 0.1) is 33.6 Å². The fourth-order valence-electron chi connectivity index (χ4n) is 14.8. The Labute approximate surface area is 604 Å². The second-order valence-corrected chi connectivity index (χ2v) is 28.2. The number of piperidine rings is 1. The molecule has 3 fully saturated rings. The van der Waals surface area contributed by atoms with Gasteiger partial charge in [-0.15, -0.1) is 0 Å². The molecular weight excluding hydrogens is 1330 g/mol. The predicted octanol–water partition coefficient (Wildman–Crippen LogP) is 12.8.